The molecule has 0 aromatic heterocycles. The molecule has 1 heterocycles. The molecular weight excluding hydrogens is 270 g/mol. The number of amides is 2. The van der Waals surface area contributed by atoms with Gasteiger partial charge in [-0.15, -0.1) is 11.8 Å². The lowest BCUT2D eigenvalue weighted by atomic mass is 10.4. The largest absolute Gasteiger partial charge is 0.481 e. The fourth-order valence-electron chi connectivity index (χ4n) is 1.92. The number of carbonyl (C=O) groups is 3. The minimum atomic E-state index is -0.915. The average molecular weight is 289 g/mol. The molecule has 2 amide bonds. The summed E-state index contributed by atoms with van der Waals surface area (Å²) in [5.41, 5.74) is 5.14. The molecule has 1 rings (SSSR count). The molecule has 8 heteroatoms. The molecular formula is C11H19N3O4S. The van der Waals surface area contributed by atoms with Crippen LogP contribution in [0.4, 0.5) is 0 Å². The molecule has 1 aliphatic rings. The number of aliphatic carboxylic acids is 1. The molecule has 1 fully saturated rings. The molecule has 0 radical (unpaired) electrons. The molecule has 0 saturated carbocycles. The molecule has 0 atom stereocenters. The highest BCUT2D eigenvalue weighted by Crippen LogP contribution is 2.07. The van der Waals surface area contributed by atoms with Crippen molar-refractivity contribution in [3.05, 3.63) is 0 Å². The Bertz CT molecular complexity index is 351. The molecule has 1 aliphatic heterocycles. The Balaban J connectivity index is 2.33. The monoisotopic (exact) mass is 289 g/mol. The van der Waals surface area contributed by atoms with Gasteiger partial charge in [0.05, 0.1) is 18.1 Å². The van der Waals surface area contributed by atoms with Crippen LogP contribution in [-0.2, 0) is 14.4 Å². The van der Waals surface area contributed by atoms with Crippen molar-refractivity contribution in [2.24, 2.45) is 5.73 Å². The summed E-state index contributed by atoms with van der Waals surface area (Å²) < 4.78 is 0. The van der Waals surface area contributed by atoms with Gasteiger partial charge in [-0.25, -0.2) is 0 Å². The Morgan fingerprint density at radius 2 is 1.84 bits per heavy atom. The van der Waals surface area contributed by atoms with Crippen LogP contribution in [0.3, 0.4) is 0 Å². The van der Waals surface area contributed by atoms with E-state index in [2.05, 4.69) is 0 Å². The number of rotatable bonds is 6. The van der Waals surface area contributed by atoms with Crippen molar-refractivity contribution in [3.8, 4) is 0 Å². The van der Waals surface area contributed by atoms with E-state index in [1.807, 2.05) is 4.90 Å². The molecule has 1 saturated heterocycles. The Labute approximate surface area is 116 Å². The normalized spacial score (nSPS) is 16.9. The maximum atomic E-state index is 11.9. The predicted molar refractivity (Wildman–Crippen MR) is 71.8 cm³/mol. The van der Waals surface area contributed by atoms with Gasteiger partial charge in [0.1, 0.15) is 0 Å². The number of carbonyl (C=O) groups excluding carboxylic acids is 2. The maximum Gasteiger partial charge on any atom is 0.313 e. The number of carboxylic acid groups (broad SMARTS) is 1. The zero-order valence-electron chi connectivity index (χ0n) is 10.7. The minimum Gasteiger partial charge on any atom is -0.481 e. The van der Waals surface area contributed by atoms with Crippen molar-refractivity contribution in [2.45, 2.75) is 6.42 Å². The molecule has 0 bridgehead atoms. The summed E-state index contributed by atoms with van der Waals surface area (Å²) in [6.45, 7) is 2.78. The highest BCUT2D eigenvalue weighted by Gasteiger charge is 2.19. The molecule has 0 aromatic rings. The first-order valence-electron chi connectivity index (χ1n) is 6.07. The SMILES string of the molecule is NC(=O)CN1CCCN(C(=O)CSCC(=O)O)CC1. The third-order valence-corrected chi connectivity index (χ3v) is 3.67. The molecule has 0 aromatic carbocycles. The fraction of sp³-hybridized carbons (Fsp3) is 0.727. The smallest absolute Gasteiger partial charge is 0.313 e. The third kappa shape index (κ3) is 6.44. The van der Waals surface area contributed by atoms with Gasteiger partial charge in [0.25, 0.3) is 0 Å². The van der Waals surface area contributed by atoms with Gasteiger partial charge in [-0.3, -0.25) is 19.3 Å². The lowest BCUT2D eigenvalue weighted by molar-refractivity contribution is -0.134. The number of hydrogen-bond acceptors (Lipinski definition) is 5. The van der Waals surface area contributed by atoms with Crippen LogP contribution in [0.5, 0.6) is 0 Å². The van der Waals surface area contributed by atoms with Gasteiger partial charge in [0.15, 0.2) is 0 Å². The van der Waals surface area contributed by atoms with Crippen LogP contribution in [0, 0.1) is 0 Å². The molecule has 7 nitrogen and oxygen atoms in total. The number of thioether (sulfide) groups is 1. The second kappa shape index (κ2) is 8.00. The van der Waals surface area contributed by atoms with Crippen LogP contribution < -0.4 is 5.73 Å². The van der Waals surface area contributed by atoms with E-state index in [-0.39, 0.29) is 29.9 Å². The van der Waals surface area contributed by atoms with Crippen molar-refractivity contribution in [1.29, 1.82) is 0 Å². The van der Waals surface area contributed by atoms with Gasteiger partial charge in [-0.1, -0.05) is 0 Å². The molecule has 3 N–H and O–H groups in total. The van der Waals surface area contributed by atoms with Crippen LogP contribution in [0.2, 0.25) is 0 Å². The number of hydrogen-bond donors (Lipinski definition) is 2. The first-order valence-corrected chi connectivity index (χ1v) is 7.22. The topological polar surface area (TPSA) is 104 Å². The van der Waals surface area contributed by atoms with Crippen molar-refractivity contribution in [1.82, 2.24) is 9.80 Å². The first kappa shape index (κ1) is 15.8. The summed E-state index contributed by atoms with van der Waals surface area (Å²) in [5.74, 6) is -1.21. The highest BCUT2D eigenvalue weighted by atomic mass is 32.2. The van der Waals surface area contributed by atoms with Crippen LogP contribution >= 0.6 is 11.8 Å². The van der Waals surface area contributed by atoms with E-state index < -0.39 is 5.97 Å². The Hall–Kier alpha value is -1.28. The number of nitrogens with zero attached hydrogens (tertiary/aromatic N) is 2. The molecule has 0 unspecified atom stereocenters. The zero-order valence-corrected chi connectivity index (χ0v) is 11.5. The molecule has 0 spiro atoms. The summed E-state index contributed by atoms with van der Waals surface area (Å²) in [7, 11) is 0. The van der Waals surface area contributed by atoms with Crippen molar-refractivity contribution in [3.63, 3.8) is 0 Å². The minimum absolute atomic E-state index is 0.0489. The summed E-state index contributed by atoms with van der Waals surface area (Å²) in [6, 6.07) is 0. The van der Waals surface area contributed by atoms with Crippen molar-refractivity contribution >= 4 is 29.5 Å². The van der Waals surface area contributed by atoms with Crippen LogP contribution in [0.15, 0.2) is 0 Å². The van der Waals surface area contributed by atoms with E-state index in [0.717, 1.165) is 24.7 Å². The summed E-state index contributed by atoms with van der Waals surface area (Å²) >= 11 is 1.10. The van der Waals surface area contributed by atoms with Gasteiger partial charge in [0.2, 0.25) is 11.8 Å². The van der Waals surface area contributed by atoms with E-state index in [4.69, 9.17) is 10.8 Å². The Morgan fingerprint density at radius 1 is 1.11 bits per heavy atom. The van der Waals surface area contributed by atoms with E-state index in [1.165, 1.54) is 0 Å². The second-order valence-electron chi connectivity index (χ2n) is 4.36. The Morgan fingerprint density at radius 3 is 2.47 bits per heavy atom. The van der Waals surface area contributed by atoms with Crippen LogP contribution in [0.25, 0.3) is 0 Å². The third-order valence-electron chi connectivity index (χ3n) is 2.77. The van der Waals surface area contributed by atoms with E-state index in [0.29, 0.717) is 19.6 Å². The predicted octanol–water partition coefficient (Wildman–Crippen LogP) is -1.18. The van der Waals surface area contributed by atoms with E-state index in [9.17, 15) is 14.4 Å². The lowest BCUT2D eigenvalue weighted by Gasteiger charge is -2.21. The molecule has 108 valence electrons. The highest BCUT2D eigenvalue weighted by molar-refractivity contribution is 8.00. The van der Waals surface area contributed by atoms with Crippen molar-refractivity contribution < 1.29 is 19.5 Å². The van der Waals surface area contributed by atoms with E-state index >= 15 is 0 Å². The standard InChI is InChI=1S/C11H19N3O4S/c12-9(15)6-13-2-1-3-14(5-4-13)10(16)7-19-8-11(17)18/h1-8H2,(H2,12,15)(H,17,18). The maximum absolute atomic E-state index is 11.9. The number of carboxylic acids is 1. The summed E-state index contributed by atoms with van der Waals surface area (Å²) in [4.78, 5) is 36.7. The van der Waals surface area contributed by atoms with Gasteiger partial charge < -0.3 is 15.7 Å². The van der Waals surface area contributed by atoms with Crippen LogP contribution in [-0.4, -0.2) is 76.9 Å². The zero-order chi connectivity index (χ0) is 14.3. The van der Waals surface area contributed by atoms with Gasteiger partial charge in [0, 0.05) is 26.2 Å². The molecule has 19 heavy (non-hydrogen) atoms. The average Bonchev–Trinajstić information content (AvgIpc) is 2.53. The first-order chi connectivity index (χ1) is 8.99. The quantitative estimate of drug-likeness (QED) is 0.638. The number of primary amides is 1. The van der Waals surface area contributed by atoms with Gasteiger partial charge >= 0.3 is 5.97 Å². The lowest BCUT2D eigenvalue weighted by Crippen LogP contribution is -2.38. The summed E-state index contributed by atoms with van der Waals surface area (Å²) in [6.07, 6.45) is 0.794. The summed E-state index contributed by atoms with van der Waals surface area (Å²) in [5, 5.41) is 8.50. The second-order valence-corrected chi connectivity index (χ2v) is 5.35. The van der Waals surface area contributed by atoms with Crippen molar-refractivity contribution in [2.75, 3.05) is 44.2 Å². The van der Waals surface area contributed by atoms with Gasteiger partial charge in [-0.2, -0.15) is 0 Å². The Kier molecular flexibility index (Phi) is 6.65. The molecule has 0 aliphatic carbocycles. The fourth-order valence-corrected chi connectivity index (χ4v) is 2.55. The van der Waals surface area contributed by atoms with Gasteiger partial charge in [-0.05, 0) is 6.42 Å². The number of nitrogens with two attached hydrogens (primary N) is 1. The van der Waals surface area contributed by atoms with E-state index in [1.54, 1.807) is 4.90 Å². The van der Waals surface area contributed by atoms with Crippen LogP contribution in [0.1, 0.15) is 6.42 Å².